The van der Waals surface area contributed by atoms with Crippen LogP contribution in [-0.2, 0) is 9.53 Å². The van der Waals surface area contributed by atoms with E-state index >= 15 is 0 Å². The maximum atomic E-state index is 12.2. The highest BCUT2D eigenvalue weighted by atomic mass is 35.5. The average molecular weight is 396 g/mol. The highest BCUT2D eigenvalue weighted by Crippen LogP contribution is 2.25. The molecule has 0 aromatic heterocycles. The van der Waals surface area contributed by atoms with Gasteiger partial charge < -0.3 is 14.8 Å². The molecule has 26 heavy (non-hydrogen) atoms. The molecular formula is C19H19Cl2NO4. The molecule has 2 aromatic carbocycles. The molecule has 0 saturated heterocycles. The summed E-state index contributed by atoms with van der Waals surface area (Å²) in [6.45, 7) is 5.30. The number of benzene rings is 2. The fourth-order valence-electron chi connectivity index (χ4n) is 2.05. The van der Waals surface area contributed by atoms with Crippen LogP contribution < -0.4 is 10.1 Å². The highest BCUT2D eigenvalue weighted by Gasteiger charge is 2.20. The molecule has 0 radical (unpaired) electrons. The first kappa shape index (κ1) is 20.1. The fraction of sp³-hybridized carbons (Fsp3) is 0.263. The Morgan fingerprint density at radius 2 is 1.65 bits per heavy atom. The summed E-state index contributed by atoms with van der Waals surface area (Å²) in [7, 11) is 0. The van der Waals surface area contributed by atoms with Gasteiger partial charge in [-0.3, -0.25) is 4.79 Å². The molecule has 0 unspecified atom stereocenters. The summed E-state index contributed by atoms with van der Waals surface area (Å²) in [5, 5.41) is 3.35. The van der Waals surface area contributed by atoms with Crippen molar-refractivity contribution in [2.75, 3.05) is 5.32 Å². The van der Waals surface area contributed by atoms with Gasteiger partial charge in [-0.25, -0.2) is 4.79 Å². The molecule has 0 saturated carbocycles. The van der Waals surface area contributed by atoms with Crippen molar-refractivity contribution in [3.63, 3.8) is 0 Å². The number of rotatable bonds is 6. The van der Waals surface area contributed by atoms with Gasteiger partial charge >= 0.3 is 5.97 Å². The van der Waals surface area contributed by atoms with Crippen LogP contribution in [-0.4, -0.2) is 24.1 Å². The Balaban J connectivity index is 1.96. The SMILES string of the molecule is CC(C)Oc1ccc(C(=O)O[C@@H](C)C(=O)Nc2ccc(Cl)cc2Cl)cc1. The molecule has 0 aliphatic rings. The zero-order valence-corrected chi connectivity index (χ0v) is 16.1. The Kier molecular flexibility index (Phi) is 6.89. The lowest BCUT2D eigenvalue weighted by Crippen LogP contribution is -2.30. The van der Waals surface area contributed by atoms with E-state index in [9.17, 15) is 9.59 Å². The Morgan fingerprint density at radius 3 is 2.23 bits per heavy atom. The van der Waals surface area contributed by atoms with Crippen LogP contribution in [0, 0.1) is 0 Å². The third kappa shape index (κ3) is 5.64. The molecule has 2 aromatic rings. The normalized spacial score (nSPS) is 11.8. The molecule has 0 spiro atoms. The van der Waals surface area contributed by atoms with Gasteiger partial charge in [0.1, 0.15) is 5.75 Å². The molecule has 0 heterocycles. The molecule has 0 aliphatic carbocycles. The third-order valence-corrected chi connectivity index (χ3v) is 3.85. The highest BCUT2D eigenvalue weighted by molar-refractivity contribution is 6.36. The van der Waals surface area contributed by atoms with E-state index < -0.39 is 18.0 Å². The zero-order valence-electron chi connectivity index (χ0n) is 14.6. The van der Waals surface area contributed by atoms with E-state index in [1.165, 1.54) is 13.0 Å². The van der Waals surface area contributed by atoms with Crippen LogP contribution in [0.4, 0.5) is 5.69 Å². The molecule has 0 bridgehead atoms. The first-order chi connectivity index (χ1) is 12.3. The van der Waals surface area contributed by atoms with Gasteiger partial charge in [-0.15, -0.1) is 0 Å². The number of hydrogen-bond acceptors (Lipinski definition) is 4. The summed E-state index contributed by atoms with van der Waals surface area (Å²) < 4.78 is 10.7. The minimum absolute atomic E-state index is 0.0382. The molecular weight excluding hydrogens is 377 g/mol. The monoisotopic (exact) mass is 395 g/mol. The van der Waals surface area contributed by atoms with Crippen LogP contribution in [0.25, 0.3) is 0 Å². The van der Waals surface area contributed by atoms with Crippen molar-refractivity contribution in [2.45, 2.75) is 33.0 Å². The molecule has 0 aliphatic heterocycles. The number of esters is 1. The number of carbonyl (C=O) groups is 2. The summed E-state index contributed by atoms with van der Waals surface area (Å²) in [6.07, 6.45) is -0.961. The van der Waals surface area contributed by atoms with Gasteiger partial charge in [0, 0.05) is 5.02 Å². The van der Waals surface area contributed by atoms with E-state index in [2.05, 4.69) is 5.32 Å². The Bertz CT molecular complexity index is 791. The van der Waals surface area contributed by atoms with Crippen LogP contribution in [0.3, 0.4) is 0 Å². The second-order valence-electron chi connectivity index (χ2n) is 5.85. The fourth-order valence-corrected chi connectivity index (χ4v) is 2.50. The molecule has 5 nitrogen and oxygen atoms in total. The summed E-state index contributed by atoms with van der Waals surface area (Å²) in [4.78, 5) is 24.4. The summed E-state index contributed by atoms with van der Waals surface area (Å²) in [6, 6.07) is 11.2. The molecule has 1 N–H and O–H groups in total. The predicted octanol–water partition coefficient (Wildman–Crippen LogP) is 4.96. The summed E-state index contributed by atoms with van der Waals surface area (Å²) in [5.41, 5.74) is 0.712. The molecule has 2 rings (SSSR count). The Hall–Kier alpha value is -2.24. The van der Waals surface area contributed by atoms with Crippen molar-refractivity contribution in [3.8, 4) is 5.75 Å². The van der Waals surface area contributed by atoms with Gasteiger partial charge in [-0.2, -0.15) is 0 Å². The predicted molar refractivity (Wildman–Crippen MR) is 102 cm³/mol. The van der Waals surface area contributed by atoms with E-state index in [-0.39, 0.29) is 6.10 Å². The first-order valence-corrected chi connectivity index (χ1v) is 8.75. The maximum absolute atomic E-state index is 12.2. The van der Waals surface area contributed by atoms with Gasteiger partial charge in [0.15, 0.2) is 6.10 Å². The summed E-state index contributed by atoms with van der Waals surface area (Å²) >= 11 is 11.8. The number of ether oxygens (including phenoxy) is 2. The molecule has 138 valence electrons. The number of carbonyl (C=O) groups excluding carboxylic acids is 2. The smallest absolute Gasteiger partial charge is 0.338 e. The number of amides is 1. The van der Waals surface area contributed by atoms with Crippen LogP contribution in [0.2, 0.25) is 10.0 Å². The van der Waals surface area contributed by atoms with Crippen molar-refractivity contribution < 1.29 is 19.1 Å². The van der Waals surface area contributed by atoms with Gasteiger partial charge in [0.2, 0.25) is 0 Å². The molecule has 7 heteroatoms. The summed E-state index contributed by atoms with van der Waals surface area (Å²) in [5.74, 6) is -0.451. The Morgan fingerprint density at radius 1 is 1.00 bits per heavy atom. The lowest BCUT2D eigenvalue weighted by molar-refractivity contribution is -0.123. The molecule has 1 atom stereocenters. The molecule has 1 amide bonds. The van der Waals surface area contributed by atoms with Crippen LogP contribution in [0.1, 0.15) is 31.1 Å². The van der Waals surface area contributed by atoms with Gasteiger partial charge in [-0.05, 0) is 63.2 Å². The minimum Gasteiger partial charge on any atom is -0.491 e. The van der Waals surface area contributed by atoms with Crippen LogP contribution in [0.15, 0.2) is 42.5 Å². The number of anilines is 1. The zero-order chi connectivity index (χ0) is 19.3. The van der Waals surface area contributed by atoms with Crippen molar-refractivity contribution >= 4 is 40.8 Å². The van der Waals surface area contributed by atoms with E-state index in [0.717, 1.165) is 0 Å². The lowest BCUT2D eigenvalue weighted by atomic mass is 10.2. The number of nitrogens with one attached hydrogen (secondary N) is 1. The van der Waals surface area contributed by atoms with E-state index in [1.54, 1.807) is 36.4 Å². The average Bonchev–Trinajstić information content (AvgIpc) is 2.57. The third-order valence-electron chi connectivity index (χ3n) is 3.30. The quantitative estimate of drug-likeness (QED) is 0.701. The minimum atomic E-state index is -0.999. The van der Waals surface area contributed by atoms with Gasteiger partial charge in [0.05, 0.1) is 22.4 Å². The largest absolute Gasteiger partial charge is 0.491 e. The van der Waals surface area contributed by atoms with Crippen molar-refractivity contribution in [1.82, 2.24) is 0 Å². The second-order valence-corrected chi connectivity index (χ2v) is 6.70. The van der Waals surface area contributed by atoms with Gasteiger partial charge in [-0.1, -0.05) is 23.2 Å². The second kappa shape index (κ2) is 8.92. The molecule has 0 fully saturated rings. The van der Waals surface area contributed by atoms with Crippen LogP contribution >= 0.6 is 23.2 Å². The van der Waals surface area contributed by atoms with E-state index in [0.29, 0.717) is 27.0 Å². The van der Waals surface area contributed by atoms with Crippen molar-refractivity contribution in [2.24, 2.45) is 0 Å². The van der Waals surface area contributed by atoms with E-state index in [4.69, 9.17) is 32.7 Å². The van der Waals surface area contributed by atoms with Gasteiger partial charge in [0.25, 0.3) is 5.91 Å². The number of halogens is 2. The standard InChI is InChI=1S/C19H19Cl2NO4/c1-11(2)25-15-7-4-13(5-8-15)19(24)26-12(3)18(23)22-17-9-6-14(20)10-16(17)21/h4-12H,1-3H3,(H,22,23)/t12-/m0/s1. The van der Waals surface area contributed by atoms with Crippen molar-refractivity contribution in [1.29, 1.82) is 0 Å². The van der Waals surface area contributed by atoms with Crippen LogP contribution in [0.5, 0.6) is 5.75 Å². The lowest BCUT2D eigenvalue weighted by Gasteiger charge is -2.15. The Labute approximate surface area is 162 Å². The number of hydrogen-bond donors (Lipinski definition) is 1. The van der Waals surface area contributed by atoms with Crippen molar-refractivity contribution in [3.05, 3.63) is 58.1 Å². The first-order valence-electron chi connectivity index (χ1n) is 8.00. The topological polar surface area (TPSA) is 64.6 Å². The maximum Gasteiger partial charge on any atom is 0.338 e. The van der Waals surface area contributed by atoms with E-state index in [1.807, 2.05) is 13.8 Å².